The molecule has 0 atom stereocenters. The van der Waals surface area contributed by atoms with E-state index >= 15 is 0 Å². The number of benzene rings is 2. The van der Waals surface area contributed by atoms with E-state index in [1.54, 1.807) is 24.3 Å². The molecule has 3 rings (SSSR count). The zero-order valence-electron chi connectivity index (χ0n) is 15.0. The third-order valence-corrected chi connectivity index (χ3v) is 4.45. The van der Waals surface area contributed by atoms with Crippen LogP contribution in [0.25, 0.3) is 11.3 Å². The lowest BCUT2D eigenvalue weighted by molar-refractivity contribution is -0.115. The van der Waals surface area contributed by atoms with Crippen LogP contribution >= 0.6 is 11.6 Å². The van der Waals surface area contributed by atoms with E-state index in [9.17, 15) is 9.59 Å². The number of halogens is 1. The molecule has 3 aromatic rings. The van der Waals surface area contributed by atoms with Crippen LogP contribution in [0.4, 0.5) is 5.69 Å². The standard InChI is InChI=1S/C21H19ClN2O3/c1-13-6-5-7-14(2)20(13)24-19(25)12-23-21(26)18-11-10-17(27-18)15-8-3-4-9-16(15)22/h3-11H,12H2,1-2H3,(H,23,26)(H,24,25). The van der Waals surface area contributed by atoms with Crippen LogP contribution in [0.5, 0.6) is 0 Å². The largest absolute Gasteiger partial charge is 0.451 e. The molecule has 0 saturated heterocycles. The number of nitrogens with one attached hydrogen (secondary N) is 2. The van der Waals surface area contributed by atoms with E-state index in [2.05, 4.69) is 10.6 Å². The van der Waals surface area contributed by atoms with E-state index in [1.807, 2.05) is 44.2 Å². The van der Waals surface area contributed by atoms with Gasteiger partial charge in [-0.05, 0) is 49.2 Å². The first-order chi connectivity index (χ1) is 13.0. The third kappa shape index (κ3) is 4.38. The van der Waals surface area contributed by atoms with Crippen molar-refractivity contribution < 1.29 is 14.0 Å². The summed E-state index contributed by atoms with van der Waals surface area (Å²) in [5.74, 6) is -0.167. The van der Waals surface area contributed by atoms with Crippen LogP contribution in [0.3, 0.4) is 0 Å². The molecule has 1 heterocycles. The number of carbonyl (C=O) groups is 2. The fourth-order valence-corrected chi connectivity index (χ4v) is 2.94. The number of anilines is 1. The molecular formula is C21H19ClN2O3. The predicted molar refractivity (Wildman–Crippen MR) is 106 cm³/mol. The molecule has 6 heteroatoms. The fourth-order valence-electron chi connectivity index (χ4n) is 2.71. The maximum atomic E-state index is 12.2. The average Bonchev–Trinajstić information content (AvgIpc) is 3.13. The van der Waals surface area contributed by atoms with Crippen molar-refractivity contribution in [2.24, 2.45) is 0 Å². The Morgan fingerprint density at radius 2 is 1.67 bits per heavy atom. The summed E-state index contributed by atoms with van der Waals surface area (Å²) in [5, 5.41) is 5.92. The van der Waals surface area contributed by atoms with Crippen LogP contribution in [0.1, 0.15) is 21.7 Å². The lowest BCUT2D eigenvalue weighted by atomic mass is 10.1. The minimum atomic E-state index is -0.468. The van der Waals surface area contributed by atoms with Crippen LogP contribution in [0, 0.1) is 13.8 Å². The van der Waals surface area contributed by atoms with E-state index in [1.165, 1.54) is 0 Å². The summed E-state index contributed by atoms with van der Waals surface area (Å²) >= 11 is 6.14. The molecule has 0 fully saturated rings. The van der Waals surface area contributed by atoms with Crippen molar-refractivity contribution in [3.8, 4) is 11.3 Å². The zero-order chi connectivity index (χ0) is 19.4. The van der Waals surface area contributed by atoms with Crippen molar-refractivity contribution in [1.82, 2.24) is 5.32 Å². The molecule has 0 saturated carbocycles. The molecule has 2 aromatic carbocycles. The van der Waals surface area contributed by atoms with Gasteiger partial charge in [-0.25, -0.2) is 0 Å². The summed E-state index contributed by atoms with van der Waals surface area (Å²) in [6.07, 6.45) is 0. The summed E-state index contributed by atoms with van der Waals surface area (Å²) in [5.41, 5.74) is 3.39. The summed E-state index contributed by atoms with van der Waals surface area (Å²) < 4.78 is 5.57. The number of amides is 2. The van der Waals surface area contributed by atoms with Gasteiger partial charge in [-0.1, -0.05) is 41.9 Å². The number of hydrogen-bond acceptors (Lipinski definition) is 3. The smallest absolute Gasteiger partial charge is 0.287 e. The highest BCUT2D eigenvalue weighted by Gasteiger charge is 2.15. The highest BCUT2D eigenvalue weighted by atomic mass is 35.5. The highest BCUT2D eigenvalue weighted by molar-refractivity contribution is 6.33. The van der Waals surface area contributed by atoms with Gasteiger partial charge in [0.2, 0.25) is 5.91 Å². The Morgan fingerprint density at radius 3 is 2.37 bits per heavy atom. The topological polar surface area (TPSA) is 71.3 Å². The van der Waals surface area contributed by atoms with E-state index < -0.39 is 5.91 Å². The quantitative estimate of drug-likeness (QED) is 0.678. The molecule has 0 radical (unpaired) electrons. The maximum Gasteiger partial charge on any atom is 0.287 e. The Kier molecular flexibility index (Phi) is 5.62. The number of aryl methyl sites for hydroxylation is 2. The summed E-state index contributed by atoms with van der Waals surface area (Å²) in [6, 6.07) is 16.2. The first kappa shape index (κ1) is 18.7. The lowest BCUT2D eigenvalue weighted by Gasteiger charge is -2.11. The summed E-state index contributed by atoms with van der Waals surface area (Å²) in [7, 11) is 0. The average molecular weight is 383 g/mol. The Morgan fingerprint density at radius 1 is 0.963 bits per heavy atom. The van der Waals surface area contributed by atoms with Gasteiger partial charge in [-0.15, -0.1) is 0 Å². The van der Waals surface area contributed by atoms with Gasteiger partial charge < -0.3 is 15.1 Å². The Hall–Kier alpha value is -3.05. The molecule has 0 bridgehead atoms. The maximum absolute atomic E-state index is 12.2. The van der Waals surface area contributed by atoms with E-state index in [-0.39, 0.29) is 18.2 Å². The van der Waals surface area contributed by atoms with Crippen molar-refractivity contribution in [2.45, 2.75) is 13.8 Å². The van der Waals surface area contributed by atoms with Gasteiger partial charge >= 0.3 is 0 Å². The SMILES string of the molecule is Cc1cccc(C)c1NC(=O)CNC(=O)c1ccc(-c2ccccc2Cl)o1. The number of carbonyl (C=O) groups excluding carboxylic acids is 2. The molecule has 2 N–H and O–H groups in total. The monoisotopic (exact) mass is 382 g/mol. The molecule has 0 aliphatic rings. The molecule has 0 aliphatic carbocycles. The number of para-hydroxylation sites is 1. The molecule has 0 aliphatic heterocycles. The van der Waals surface area contributed by atoms with Gasteiger partial charge in [0.1, 0.15) is 5.76 Å². The van der Waals surface area contributed by atoms with Gasteiger partial charge in [0.15, 0.2) is 5.76 Å². The van der Waals surface area contributed by atoms with Gasteiger partial charge in [-0.3, -0.25) is 9.59 Å². The van der Waals surface area contributed by atoms with Crippen molar-refractivity contribution >= 4 is 29.1 Å². The summed E-state index contributed by atoms with van der Waals surface area (Å²) in [4.78, 5) is 24.4. The van der Waals surface area contributed by atoms with Crippen molar-refractivity contribution in [3.63, 3.8) is 0 Å². The van der Waals surface area contributed by atoms with Crippen LogP contribution in [0.2, 0.25) is 5.02 Å². The molecule has 1 aromatic heterocycles. The minimum Gasteiger partial charge on any atom is -0.451 e. The van der Waals surface area contributed by atoms with Crippen molar-refractivity contribution in [2.75, 3.05) is 11.9 Å². The molecular weight excluding hydrogens is 364 g/mol. The van der Waals surface area contributed by atoms with Crippen molar-refractivity contribution in [1.29, 1.82) is 0 Å². The fraction of sp³-hybridized carbons (Fsp3) is 0.143. The number of rotatable bonds is 5. The second-order valence-corrected chi connectivity index (χ2v) is 6.55. The van der Waals surface area contributed by atoms with E-state index in [0.29, 0.717) is 16.3 Å². The third-order valence-electron chi connectivity index (χ3n) is 4.12. The molecule has 5 nitrogen and oxygen atoms in total. The van der Waals surface area contributed by atoms with Crippen molar-refractivity contribution in [3.05, 3.63) is 76.5 Å². The second-order valence-electron chi connectivity index (χ2n) is 6.14. The Bertz CT molecular complexity index is 974. The van der Waals surface area contributed by atoms with Gasteiger partial charge in [0.05, 0.1) is 11.6 Å². The van der Waals surface area contributed by atoms with Gasteiger partial charge in [0.25, 0.3) is 5.91 Å². The van der Waals surface area contributed by atoms with E-state index in [0.717, 1.165) is 16.8 Å². The van der Waals surface area contributed by atoms with Gasteiger partial charge in [-0.2, -0.15) is 0 Å². The van der Waals surface area contributed by atoms with Gasteiger partial charge in [0, 0.05) is 11.3 Å². The second kappa shape index (κ2) is 8.10. The zero-order valence-corrected chi connectivity index (χ0v) is 15.8. The Balaban J connectivity index is 1.61. The molecule has 0 unspecified atom stereocenters. The minimum absolute atomic E-state index is 0.116. The highest BCUT2D eigenvalue weighted by Crippen LogP contribution is 2.29. The van der Waals surface area contributed by atoms with Crippen LogP contribution in [-0.4, -0.2) is 18.4 Å². The summed E-state index contributed by atoms with van der Waals surface area (Å²) in [6.45, 7) is 3.68. The Labute approximate surface area is 162 Å². The molecule has 27 heavy (non-hydrogen) atoms. The lowest BCUT2D eigenvalue weighted by Crippen LogP contribution is -2.32. The number of hydrogen-bond donors (Lipinski definition) is 2. The predicted octanol–water partition coefficient (Wildman–Crippen LogP) is 4.59. The van der Waals surface area contributed by atoms with Crippen LogP contribution in [-0.2, 0) is 4.79 Å². The van der Waals surface area contributed by atoms with E-state index in [4.69, 9.17) is 16.0 Å². The van der Waals surface area contributed by atoms with Crippen LogP contribution < -0.4 is 10.6 Å². The molecule has 2 amide bonds. The molecule has 138 valence electrons. The first-order valence-electron chi connectivity index (χ1n) is 8.44. The van der Waals surface area contributed by atoms with Crippen LogP contribution in [0.15, 0.2) is 59.0 Å². The number of furan rings is 1. The normalized spacial score (nSPS) is 10.5. The molecule has 0 spiro atoms. The first-order valence-corrected chi connectivity index (χ1v) is 8.82.